The highest BCUT2D eigenvalue weighted by Crippen LogP contribution is 2.43. The number of anilines is 1. The third-order valence-electron chi connectivity index (χ3n) is 7.64. The maximum atomic E-state index is 14.3. The molecule has 2 rings (SSSR count). The Morgan fingerprint density at radius 2 is 1.47 bits per heavy atom. The summed E-state index contributed by atoms with van der Waals surface area (Å²) in [5, 5.41) is 22.7. The van der Waals surface area contributed by atoms with Crippen LogP contribution in [-0.4, -0.2) is 95.6 Å². The van der Waals surface area contributed by atoms with E-state index in [0.29, 0.717) is 0 Å². The van der Waals surface area contributed by atoms with Gasteiger partial charge in [-0.15, -0.1) is 0 Å². The van der Waals surface area contributed by atoms with E-state index in [-0.39, 0.29) is 29.5 Å². The number of carbonyl (C=O) groups is 5. The lowest BCUT2D eigenvalue weighted by molar-refractivity contribution is -0.197. The summed E-state index contributed by atoms with van der Waals surface area (Å²) in [6.07, 6.45) is -2.37. The van der Waals surface area contributed by atoms with Crippen molar-refractivity contribution >= 4 is 48.8 Å². The molecule has 0 bridgehead atoms. The van der Waals surface area contributed by atoms with E-state index in [1.54, 1.807) is 34.6 Å². The van der Waals surface area contributed by atoms with Crippen LogP contribution in [0, 0.1) is 29.1 Å². The maximum Gasteiger partial charge on any atom is 0.342 e. The molecule has 0 fully saturated rings. The van der Waals surface area contributed by atoms with Crippen molar-refractivity contribution in [3.63, 3.8) is 0 Å². The van der Waals surface area contributed by atoms with Gasteiger partial charge in [0.1, 0.15) is 36.6 Å². The van der Waals surface area contributed by atoms with E-state index in [0.717, 1.165) is 20.5 Å². The van der Waals surface area contributed by atoms with Crippen LogP contribution in [0.3, 0.4) is 0 Å². The van der Waals surface area contributed by atoms with E-state index < -0.39 is 85.8 Å². The van der Waals surface area contributed by atoms with Gasteiger partial charge in [-0.05, 0) is 32.9 Å². The van der Waals surface area contributed by atoms with Crippen molar-refractivity contribution in [2.24, 2.45) is 17.8 Å². The van der Waals surface area contributed by atoms with Crippen molar-refractivity contribution in [3.8, 4) is 6.07 Å². The predicted octanol–water partition coefficient (Wildman–Crippen LogP) is 2.86. The van der Waals surface area contributed by atoms with Gasteiger partial charge in [0.15, 0.2) is 18.0 Å². The fraction of sp³-hybridized carbons (Fsp3) is 0.636. The molecular weight excluding hydrogens is 717 g/mol. The largest absolute Gasteiger partial charge is 0.468 e. The molecule has 3 N–H and O–H groups in total. The summed E-state index contributed by atoms with van der Waals surface area (Å²) in [6, 6.07) is 2.40. The van der Waals surface area contributed by atoms with Gasteiger partial charge in [-0.1, -0.05) is 41.5 Å². The number of carbonyl (C=O) groups excluding carboxylic acids is 5. The lowest BCUT2D eigenvalue weighted by Gasteiger charge is -2.38. The summed E-state index contributed by atoms with van der Waals surface area (Å²) in [6.45, 7) is 12.8. The Hall–Kier alpha value is -4.47. The van der Waals surface area contributed by atoms with Crippen LogP contribution >= 0.6 is 7.67 Å². The number of hydrogen-bond acceptors (Lipinski definition) is 15. The minimum atomic E-state index is -4.54. The second-order valence-electron chi connectivity index (χ2n) is 12.8. The summed E-state index contributed by atoms with van der Waals surface area (Å²) in [4.78, 5) is 68.2. The SMILES string of the molecule is CCOC(=O)[C@H](C)NP(=O)(N[C@@H](C)C(=O)OC)OC[C@@](C#N)(OC)[C@@H](OC(=O)C(C)C)[C@@H](OC(=O)C(C)C)c1ccc2c(NC(=O)C(C)C)ncnn12. The number of nitrogens with one attached hydrogen (secondary N) is 3. The highest BCUT2D eigenvalue weighted by molar-refractivity contribution is 7.54. The van der Waals surface area contributed by atoms with Crippen LogP contribution in [0.15, 0.2) is 18.5 Å². The van der Waals surface area contributed by atoms with Crippen LogP contribution in [0.5, 0.6) is 0 Å². The van der Waals surface area contributed by atoms with Gasteiger partial charge >= 0.3 is 31.5 Å². The number of fused-ring (bicyclic) bond motifs is 1. The molecule has 1 amide bonds. The molecule has 294 valence electrons. The van der Waals surface area contributed by atoms with Gasteiger partial charge in [-0.25, -0.2) is 19.7 Å². The molecule has 2 heterocycles. The zero-order chi connectivity index (χ0) is 40.3. The summed E-state index contributed by atoms with van der Waals surface area (Å²) in [5.74, 6) is -5.36. The van der Waals surface area contributed by atoms with Crippen LogP contribution in [0.1, 0.15) is 74.1 Å². The average molecular weight is 768 g/mol. The van der Waals surface area contributed by atoms with Gasteiger partial charge in [0, 0.05) is 13.0 Å². The summed E-state index contributed by atoms with van der Waals surface area (Å²) in [5.41, 5.74) is -2.10. The van der Waals surface area contributed by atoms with Crippen molar-refractivity contribution in [3.05, 3.63) is 24.2 Å². The zero-order valence-corrected chi connectivity index (χ0v) is 32.7. The fourth-order valence-electron chi connectivity index (χ4n) is 4.48. The number of ether oxygens (including phenoxy) is 5. The Morgan fingerprint density at radius 3 is 1.98 bits per heavy atom. The molecule has 2 aromatic heterocycles. The number of nitrogens with zero attached hydrogens (tertiary/aromatic N) is 4. The molecule has 6 atom stereocenters. The minimum Gasteiger partial charge on any atom is -0.468 e. The highest BCUT2D eigenvalue weighted by Gasteiger charge is 2.52. The van der Waals surface area contributed by atoms with Crippen molar-refractivity contribution < 1.29 is 56.7 Å². The molecular formula is C33H50N7O12P. The Bertz CT molecular complexity index is 1710. The molecule has 20 heteroatoms. The number of rotatable bonds is 20. The number of hydrogen-bond donors (Lipinski definition) is 3. The molecule has 0 radical (unpaired) electrons. The van der Waals surface area contributed by atoms with Crippen LogP contribution in [0.25, 0.3) is 5.52 Å². The van der Waals surface area contributed by atoms with Gasteiger partial charge in [0.05, 0.1) is 31.2 Å². The molecule has 1 unspecified atom stereocenters. The molecule has 53 heavy (non-hydrogen) atoms. The molecule has 0 saturated heterocycles. The van der Waals surface area contributed by atoms with Crippen LogP contribution < -0.4 is 15.5 Å². The molecule has 0 aliphatic heterocycles. The number of aromatic nitrogens is 3. The molecule has 0 aromatic carbocycles. The van der Waals surface area contributed by atoms with Crippen molar-refractivity contribution in [1.29, 1.82) is 5.26 Å². The first-order valence-electron chi connectivity index (χ1n) is 16.9. The topological polar surface area (TPSA) is 248 Å². The van der Waals surface area contributed by atoms with Crippen molar-refractivity contribution in [2.45, 2.75) is 92.2 Å². The standard InChI is InChI=1S/C33H50N7O12P/c1-12-49-32(45)22(9)39-53(46,38-21(8)31(44)47-10)50-16-33(15-34,48-11)26(52-30(43)20(6)7)25(51-29(42)19(4)5)23-13-14-24-27(35-17-36-40(23)24)37-28(41)18(2)3/h13-14,17-22,25-26H,12,16H2,1-11H3,(H2,38,39,46)(H,35,36,37,41)/t21-,22-,25-,26-,33+,53?/m0/s1. The number of amides is 1. The highest BCUT2D eigenvalue weighted by atomic mass is 31.2. The van der Waals surface area contributed by atoms with Gasteiger partial charge < -0.3 is 33.5 Å². The van der Waals surface area contributed by atoms with Gasteiger partial charge in [0.25, 0.3) is 0 Å². The summed E-state index contributed by atoms with van der Waals surface area (Å²) >= 11 is 0. The zero-order valence-electron chi connectivity index (χ0n) is 31.8. The third kappa shape index (κ3) is 11.5. The van der Waals surface area contributed by atoms with E-state index in [9.17, 15) is 33.8 Å². The minimum absolute atomic E-state index is 0.00748. The number of nitriles is 1. The second kappa shape index (κ2) is 19.6. The van der Waals surface area contributed by atoms with E-state index in [1.165, 1.54) is 44.3 Å². The normalized spacial score (nSPS) is 16.1. The molecule has 0 saturated carbocycles. The Balaban J connectivity index is 2.83. The summed E-state index contributed by atoms with van der Waals surface area (Å²) < 4.78 is 48.7. The first kappa shape index (κ1) is 44.7. The van der Waals surface area contributed by atoms with Crippen LogP contribution in [-0.2, 0) is 56.7 Å². The van der Waals surface area contributed by atoms with Crippen LogP contribution in [0.2, 0.25) is 0 Å². The molecule has 2 aromatic rings. The number of esters is 4. The summed E-state index contributed by atoms with van der Waals surface area (Å²) in [7, 11) is -2.34. The molecule has 0 spiro atoms. The Kier molecular flexibility index (Phi) is 16.5. The quantitative estimate of drug-likeness (QED) is 0.0995. The fourth-order valence-corrected chi connectivity index (χ4v) is 6.31. The predicted molar refractivity (Wildman–Crippen MR) is 188 cm³/mol. The van der Waals surface area contributed by atoms with E-state index in [1.807, 2.05) is 6.07 Å². The van der Waals surface area contributed by atoms with E-state index in [4.69, 9.17) is 28.2 Å². The second-order valence-corrected chi connectivity index (χ2v) is 14.7. The monoisotopic (exact) mass is 767 g/mol. The van der Waals surface area contributed by atoms with Gasteiger partial charge in [-0.3, -0.25) is 28.5 Å². The number of methoxy groups -OCH3 is 2. The molecule has 0 aliphatic carbocycles. The van der Waals surface area contributed by atoms with Gasteiger partial charge in [0.2, 0.25) is 11.5 Å². The lowest BCUT2D eigenvalue weighted by Crippen LogP contribution is -2.54. The first-order chi connectivity index (χ1) is 24.8. The van der Waals surface area contributed by atoms with Crippen LogP contribution in [0.4, 0.5) is 5.82 Å². The van der Waals surface area contributed by atoms with Crippen molar-refractivity contribution in [1.82, 2.24) is 24.8 Å². The van der Waals surface area contributed by atoms with E-state index >= 15 is 0 Å². The smallest absolute Gasteiger partial charge is 0.342 e. The molecule has 0 aliphatic rings. The average Bonchev–Trinajstić information content (AvgIpc) is 3.54. The first-order valence-corrected chi connectivity index (χ1v) is 18.5. The molecule has 19 nitrogen and oxygen atoms in total. The maximum absolute atomic E-state index is 14.3. The lowest BCUT2D eigenvalue weighted by atomic mass is 9.92. The Morgan fingerprint density at radius 1 is 0.887 bits per heavy atom. The van der Waals surface area contributed by atoms with Crippen molar-refractivity contribution in [2.75, 3.05) is 32.8 Å². The van der Waals surface area contributed by atoms with Gasteiger partial charge in [-0.2, -0.15) is 10.4 Å². The van der Waals surface area contributed by atoms with E-state index in [2.05, 4.69) is 25.6 Å². The third-order valence-corrected chi connectivity index (χ3v) is 9.59. The Labute approximate surface area is 308 Å².